The first-order chi connectivity index (χ1) is 16.5. The summed E-state index contributed by atoms with van der Waals surface area (Å²) in [6.07, 6.45) is 0.471. The van der Waals surface area contributed by atoms with Crippen LogP contribution < -0.4 is 30.2 Å². The lowest BCUT2D eigenvalue weighted by atomic mass is 10.2. The molecule has 34 heavy (non-hydrogen) atoms. The smallest absolute Gasteiger partial charge is 0.265 e. The molecule has 2 unspecified atom stereocenters. The highest BCUT2D eigenvalue weighted by atomic mass is 16.7. The summed E-state index contributed by atoms with van der Waals surface area (Å²) in [7, 11) is 0. The number of carbonyl (C=O) groups excluding carboxylic acids is 3. The van der Waals surface area contributed by atoms with Crippen molar-refractivity contribution in [1.29, 1.82) is 0 Å². The molecule has 3 amide bonds. The fourth-order valence-electron chi connectivity index (χ4n) is 3.52. The van der Waals surface area contributed by atoms with Gasteiger partial charge in [-0.05, 0) is 56.2 Å². The minimum atomic E-state index is -0.756. The Morgan fingerprint density at radius 3 is 2.56 bits per heavy atom. The van der Waals surface area contributed by atoms with Crippen LogP contribution in [0.2, 0.25) is 0 Å². The van der Waals surface area contributed by atoms with Crippen LogP contribution in [0.5, 0.6) is 17.2 Å². The van der Waals surface area contributed by atoms with Gasteiger partial charge in [0, 0.05) is 37.0 Å². The summed E-state index contributed by atoms with van der Waals surface area (Å²) in [5, 5.41) is 8.26. The van der Waals surface area contributed by atoms with Crippen molar-refractivity contribution in [1.82, 2.24) is 10.6 Å². The van der Waals surface area contributed by atoms with Gasteiger partial charge in [-0.15, -0.1) is 0 Å². The molecule has 0 aromatic heterocycles. The minimum absolute atomic E-state index is 0.149. The molecule has 3 N–H and O–H groups in total. The van der Waals surface area contributed by atoms with Gasteiger partial charge in [0.25, 0.3) is 11.8 Å². The summed E-state index contributed by atoms with van der Waals surface area (Å²) >= 11 is 0. The summed E-state index contributed by atoms with van der Waals surface area (Å²) in [4.78, 5) is 36.7. The molecular formula is C24H27N3O7. The first-order valence-corrected chi connectivity index (χ1v) is 11.1. The van der Waals surface area contributed by atoms with Crippen molar-refractivity contribution in [3.63, 3.8) is 0 Å². The number of carbonyl (C=O) groups is 3. The van der Waals surface area contributed by atoms with E-state index in [2.05, 4.69) is 16.0 Å². The Kier molecular flexibility index (Phi) is 7.48. The zero-order valence-electron chi connectivity index (χ0n) is 18.8. The van der Waals surface area contributed by atoms with Crippen LogP contribution in [0.15, 0.2) is 42.5 Å². The Hall–Kier alpha value is -3.79. The Morgan fingerprint density at radius 1 is 1.03 bits per heavy atom. The zero-order valence-corrected chi connectivity index (χ0v) is 18.8. The molecule has 2 aromatic carbocycles. The second-order valence-electron chi connectivity index (χ2n) is 7.89. The maximum absolute atomic E-state index is 12.5. The quantitative estimate of drug-likeness (QED) is 0.479. The van der Waals surface area contributed by atoms with Gasteiger partial charge in [0.05, 0.1) is 0 Å². The zero-order chi connectivity index (χ0) is 23.9. The molecule has 2 aliphatic heterocycles. The van der Waals surface area contributed by atoms with E-state index in [0.717, 1.165) is 12.8 Å². The Labute approximate surface area is 196 Å². The predicted octanol–water partition coefficient (Wildman–Crippen LogP) is 1.85. The summed E-state index contributed by atoms with van der Waals surface area (Å²) < 4.78 is 21.6. The SMILES string of the molecule is CC(Oc1ccc2c(c1)OCO2)C(=O)Nc1ccc(C(=O)NCCNC(=O)C2CCCO2)cc1. The number of nitrogens with one attached hydrogen (secondary N) is 3. The number of fused-ring (bicyclic) bond motifs is 1. The molecule has 2 atom stereocenters. The molecule has 2 heterocycles. The first-order valence-electron chi connectivity index (χ1n) is 11.1. The molecule has 1 fully saturated rings. The van der Waals surface area contributed by atoms with E-state index >= 15 is 0 Å². The molecule has 0 aliphatic carbocycles. The molecular weight excluding hydrogens is 442 g/mol. The van der Waals surface area contributed by atoms with Crippen LogP contribution in [0, 0.1) is 0 Å². The molecule has 10 nitrogen and oxygen atoms in total. The summed E-state index contributed by atoms with van der Waals surface area (Å²) in [5.41, 5.74) is 0.972. The third-order valence-electron chi connectivity index (χ3n) is 5.37. The van der Waals surface area contributed by atoms with Crippen LogP contribution in [-0.2, 0) is 14.3 Å². The standard InChI is InChI=1S/C24H27N3O7/c1-15(34-18-8-9-19-21(13-18)33-14-32-19)22(28)27-17-6-4-16(5-7-17)23(29)25-10-11-26-24(30)20-3-2-12-31-20/h4-9,13,15,20H,2-3,10-12,14H2,1H3,(H,25,29)(H,26,30)(H,27,28). The molecule has 180 valence electrons. The van der Waals surface area contributed by atoms with E-state index in [1.165, 1.54) is 0 Å². The van der Waals surface area contributed by atoms with Gasteiger partial charge in [-0.25, -0.2) is 0 Å². The van der Waals surface area contributed by atoms with Crippen molar-refractivity contribution in [2.45, 2.75) is 32.0 Å². The van der Waals surface area contributed by atoms with E-state index in [4.69, 9.17) is 18.9 Å². The van der Waals surface area contributed by atoms with Crippen molar-refractivity contribution in [2.24, 2.45) is 0 Å². The summed E-state index contributed by atoms with van der Waals surface area (Å²) in [6.45, 7) is 3.02. The molecule has 0 saturated carbocycles. The molecule has 10 heteroatoms. The average molecular weight is 469 g/mol. The molecule has 0 spiro atoms. The van der Waals surface area contributed by atoms with Crippen molar-refractivity contribution < 1.29 is 33.3 Å². The second-order valence-corrected chi connectivity index (χ2v) is 7.89. The largest absolute Gasteiger partial charge is 0.481 e. The van der Waals surface area contributed by atoms with Gasteiger partial charge in [0.2, 0.25) is 12.7 Å². The van der Waals surface area contributed by atoms with Crippen LogP contribution in [-0.4, -0.2) is 56.4 Å². The summed E-state index contributed by atoms with van der Waals surface area (Å²) in [6, 6.07) is 11.6. The van der Waals surface area contributed by atoms with Gasteiger partial charge in [-0.2, -0.15) is 0 Å². The normalized spacial score (nSPS) is 17.0. The second kappa shape index (κ2) is 10.9. The molecule has 1 saturated heterocycles. The maximum atomic E-state index is 12.5. The van der Waals surface area contributed by atoms with E-state index in [0.29, 0.717) is 48.2 Å². The number of amides is 3. The van der Waals surface area contributed by atoms with Crippen LogP contribution in [0.25, 0.3) is 0 Å². The van der Waals surface area contributed by atoms with Gasteiger partial charge in [0.1, 0.15) is 11.9 Å². The molecule has 0 radical (unpaired) electrons. The van der Waals surface area contributed by atoms with Gasteiger partial charge in [-0.1, -0.05) is 0 Å². The van der Waals surface area contributed by atoms with Crippen LogP contribution in [0.1, 0.15) is 30.1 Å². The molecule has 2 aliphatic rings. The predicted molar refractivity (Wildman–Crippen MR) is 122 cm³/mol. The van der Waals surface area contributed by atoms with Crippen LogP contribution in [0.3, 0.4) is 0 Å². The fraction of sp³-hybridized carbons (Fsp3) is 0.375. The van der Waals surface area contributed by atoms with E-state index in [9.17, 15) is 14.4 Å². The molecule has 4 rings (SSSR count). The fourth-order valence-corrected chi connectivity index (χ4v) is 3.52. The third kappa shape index (κ3) is 5.96. The van der Waals surface area contributed by atoms with Crippen LogP contribution >= 0.6 is 0 Å². The van der Waals surface area contributed by atoms with Gasteiger partial charge in [-0.3, -0.25) is 14.4 Å². The number of ether oxygens (including phenoxy) is 4. The minimum Gasteiger partial charge on any atom is -0.481 e. The summed E-state index contributed by atoms with van der Waals surface area (Å²) in [5.74, 6) is 0.941. The Balaban J connectivity index is 1.19. The lowest BCUT2D eigenvalue weighted by molar-refractivity contribution is -0.130. The van der Waals surface area contributed by atoms with Gasteiger partial charge >= 0.3 is 0 Å². The number of hydrogen-bond acceptors (Lipinski definition) is 7. The van der Waals surface area contributed by atoms with Crippen molar-refractivity contribution in [2.75, 3.05) is 31.8 Å². The average Bonchev–Trinajstić information content (AvgIpc) is 3.54. The van der Waals surface area contributed by atoms with Gasteiger partial charge < -0.3 is 34.9 Å². The Morgan fingerprint density at radius 2 is 1.79 bits per heavy atom. The van der Waals surface area contributed by atoms with Crippen LogP contribution in [0.4, 0.5) is 5.69 Å². The topological polar surface area (TPSA) is 124 Å². The highest BCUT2D eigenvalue weighted by Crippen LogP contribution is 2.35. The number of benzene rings is 2. The Bertz CT molecular complexity index is 1040. The maximum Gasteiger partial charge on any atom is 0.265 e. The highest BCUT2D eigenvalue weighted by Gasteiger charge is 2.23. The van der Waals surface area contributed by atoms with Crippen molar-refractivity contribution in [3.05, 3.63) is 48.0 Å². The van der Waals surface area contributed by atoms with E-state index in [1.807, 2.05) is 0 Å². The van der Waals surface area contributed by atoms with E-state index in [1.54, 1.807) is 49.4 Å². The lowest BCUT2D eigenvalue weighted by Crippen LogP contribution is -2.39. The highest BCUT2D eigenvalue weighted by molar-refractivity contribution is 5.96. The number of hydrogen-bond donors (Lipinski definition) is 3. The number of anilines is 1. The monoisotopic (exact) mass is 469 g/mol. The number of rotatable bonds is 9. The van der Waals surface area contributed by atoms with E-state index in [-0.39, 0.29) is 30.6 Å². The first kappa shape index (κ1) is 23.4. The lowest BCUT2D eigenvalue weighted by Gasteiger charge is -2.15. The van der Waals surface area contributed by atoms with E-state index < -0.39 is 6.10 Å². The molecule has 2 aromatic rings. The van der Waals surface area contributed by atoms with Crippen molar-refractivity contribution >= 4 is 23.4 Å². The molecule has 0 bridgehead atoms. The van der Waals surface area contributed by atoms with Crippen molar-refractivity contribution in [3.8, 4) is 17.2 Å². The van der Waals surface area contributed by atoms with Gasteiger partial charge in [0.15, 0.2) is 17.6 Å². The third-order valence-corrected chi connectivity index (χ3v) is 5.37.